The summed E-state index contributed by atoms with van der Waals surface area (Å²) in [6.45, 7) is 9.96. The second kappa shape index (κ2) is 17.1. The molecule has 0 amide bonds. The van der Waals surface area contributed by atoms with Gasteiger partial charge < -0.3 is 20.7 Å². The minimum absolute atomic E-state index is 0. The van der Waals surface area contributed by atoms with Gasteiger partial charge in [0.15, 0.2) is 0 Å². The summed E-state index contributed by atoms with van der Waals surface area (Å²) >= 11 is 5.56. The van der Waals surface area contributed by atoms with E-state index < -0.39 is 0 Å². The summed E-state index contributed by atoms with van der Waals surface area (Å²) in [5.74, 6) is 2.04. The van der Waals surface area contributed by atoms with Crippen LogP contribution in [0, 0.1) is 22.7 Å². The van der Waals surface area contributed by atoms with Crippen LogP contribution in [0.2, 0.25) is 0 Å². The fourth-order valence-corrected chi connectivity index (χ4v) is 3.72. The Labute approximate surface area is 219 Å². The topological polar surface area (TPSA) is 47.9 Å². The molecule has 0 aromatic carbocycles. The first-order chi connectivity index (χ1) is 14.0. The Hall–Kier alpha value is 0.610. The monoisotopic (exact) mass is 468 g/mol. The van der Waals surface area contributed by atoms with Gasteiger partial charge in [-0.05, 0) is 50.4 Å². The van der Waals surface area contributed by atoms with Crippen molar-refractivity contribution < 1.29 is 50.3 Å². The van der Waals surface area contributed by atoms with E-state index in [1.165, 1.54) is 25.7 Å². The first-order valence-electron chi connectivity index (χ1n) is 11.2. The van der Waals surface area contributed by atoms with Gasteiger partial charge in [-0.3, -0.25) is 0 Å². The molecule has 2 heterocycles. The number of ether oxygens (including phenoxy) is 3. The molecule has 4 aliphatic rings. The summed E-state index contributed by atoms with van der Waals surface area (Å²) in [4.78, 5) is 0. The number of aliphatic hydroxyl groups is 1. The molecule has 2 fully saturated rings. The standard InChI is InChI=1S/C12H20O2.C7H12O.C5H9ClO.CH4.Na.H/c1-12(9-14-10-12)8-13-7-11-5-3-2-4-6-11;8-6-7-4-2-1-3-5-7;1-5(2-6)3-7-4-5;;;/h2-3,11H,4-10H2,1H3;1-2,7-8H,3-6H2;2-4H2,1H3;1H4;;/q;;;;+1;-1. The van der Waals surface area contributed by atoms with Gasteiger partial charge in [-0.2, -0.15) is 0 Å². The minimum atomic E-state index is 0. The van der Waals surface area contributed by atoms with E-state index in [1.54, 1.807) is 0 Å². The van der Waals surface area contributed by atoms with Crippen molar-refractivity contribution in [2.75, 3.05) is 52.1 Å². The maximum absolute atomic E-state index is 8.66. The molecule has 31 heavy (non-hydrogen) atoms. The Morgan fingerprint density at radius 1 is 0.935 bits per heavy atom. The van der Waals surface area contributed by atoms with Crippen molar-refractivity contribution in [1.29, 1.82) is 0 Å². The van der Waals surface area contributed by atoms with Gasteiger partial charge in [0.05, 0.1) is 33.0 Å². The van der Waals surface area contributed by atoms with Crippen LogP contribution in [-0.4, -0.2) is 57.2 Å². The largest absolute Gasteiger partial charge is 1.00 e. The number of halogens is 1. The summed E-state index contributed by atoms with van der Waals surface area (Å²) in [6, 6.07) is 0. The van der Waals surface area contributed by atoms with Gasteiger partial charge >= 0.3 is 29.6 Å². The molecule has 0 aromatic rings. The van der Waals surface area contributed by atoms with E-state index in [9.17, 15) is 0 Å². The summed E-state index contributed by atoms with van der Waals surface area (Å²) in [5, 5.41) is 8.66. The molecule has 2 aliphatic heterocycles. The molecule has 4 nitrogen and oxygen atoms in total. The van der Waals surface area contributed by atoms with Crippen molar-refractivity contribution >= 4 is 11.6 Å². The summed E-state index contributed by atoms with van der Waals surface area (Å²) in [5.41, 5.74) is 0.617. The number of aliphatic hydroxyl groups excluding tert-OH is 1. The summed E-state index contributed by atoms with van der Waals surface area (Å²) in [7, 11) is 0. The second-order valence-electron chi connectivity index (χ2n) is 9.74. The average Bonchev–Trinajstić information content (AvgIpc) is 2.73. The molecule has 0 spiro atoms. The van der Waals surface area contributed by atoms with Crippen LogP contribution in [-0.2, 0) is 14.2 Å². The molecule has 1 N–H and O–H groups in total. The van der Waals surface area contributed by atoms with Crippen LogP contribution in [0.4, 0.5) is 0 Å². The third-order valence-electron chi connectivity index (χ3n) is 5.94. The van der Waals surface area contributed by atoms with Gasteiger partial charge in [-0.25, -0.2) is 0 Å². The van der Waals surface area contributed by atoms with Crippen molar-refractivity contribution in [1.82, 2.24) is 0 Å². The Morgan fingerprint density at radius 3 is 1.74 bits per heavy atom. The molecule has 2 aliphatic carbocycles. The van der Waals surface area contributed by atoms with Crippen LogP contribution < -0.4 is 29.6 Å². The normalized spacial score (nSPS) is 26.8. The second-order valence-corrected chi connectivity index (χ2v) is 10.0. The maximum atomic E-state index is 8.66. The number of hydrogen-bond acceptors (Lipinski definition) is 4. The summed E-state index contributed by atoms with van der Waals surface area (Å²) < 4.78 is 15.9. The molecule has 0 radical (unpaired) electrons. The molecule has 4 rings (SSSR count). The molecule has 0 saturated carbocycles. The van der Waals surface area contributed by atoms with E-state index in [-0.39, 0.29) is 38.4 Å². The molecule has 2 unspecified atom stereocenters. The van der Waals surface area contributed by atoms with Crippen molar-refractivity contribution in [3.8, 4) is 0 Å². The molecule has 2 saturated heterocycles. The van der Waals surface area contributed by atoms with Gasteiger partial charge in [0.25, 0.3) is 0 Å². The summed E-state index contributed by atoms with van der Waals surface area (Å²) in [6.07, 6.45) is 16.0. The fraction of sp³-hybridized carbons (Fsp3) is 0.840. The van der Waals surface area contributed by atoms with Gasteiger partial charge in [0, 0.05) is 29.9 Å². The van der Waals surface area contributed by atoms with Crippen molar-refractivity contribution in [3.63, 3.8) is 0 Å². The molecule has 6 heteroatoms. The van der Waals surface area contributed by atoms with Crippen LogP contribution in [0.15, 0.2) is 24.3 Å². The minimum Gasteiger partial charge on any atom is -1.00 e. The van der Waals surface area contributed by atoms with Crippen LogP contribution in [0.3, 0.4) is 0 Å². The van der Waals surface area contributed by atoms with Crippen LogP contribution in [0.25, 0.3) is 0 Å². The van der Waals surface area contributed by atoms with E-state index in [0.717, 1.165) is 64.3 Å². The molecule has 0 aromatic heterocycles. The SMILES string of the molecule is C.CC1(CCl)COC1.CC1(COCC2CC=CCC2)COC1.OCC1CC=CCC1.[H-].[Na+]. The fourth-order valence-electron chi connectivity index (χ4n) is 3.56. The molecule has 178 valence electrons. The van der Waals surface area contributed by atoms with Gasteiger partial charge in [0.2, 0.25) is 0 Å². The van der Waals surface area contributed by atoms with Gasteiger partial charge in [-0.15, -0.1) is 11.6 Å². The molecule has 2 atom stereocenters. The maximum Gasteiger partial charge on any atom is 1.00 e. The zero-order valence-electron chi connectivity index (χ0n) is 20.4. The van der Waals surface area contributed by atoms with Gasteiger partial charge in [-0.1, -0.05) is 45.6 Å². The zero-order valence-corrected chi connectivity index (χ0v) is 22.2. The quantitative estimate of drug-likeness (QED) is 0.370. The van der Waals surface area contributed by atoms with Crippen LogP contribution >= 0.6 is 11.6 Å². The number of allylic oxidation sites excluding steroid dienone is 4. The van der Waals surface area contributed by atoms with E-state index in [4.69, 9.17) is 30.9 Å². The van der Waals surface area contributed by atoms with Crippen molar-refractivity contribution in [2.45, 2.75) is 59.8 Å². The third kappa shape index (κ3) is 12.6. The van der Waals surface area contributed by atoms with Crippen molar-refractivity contribution in [2.24, 2.45) is 22.7 Å². The predicted octanol–water partition coefficient (Wildman–Crippen LogP) is 2.75. The third-order valence-corrected chi connectivity index (χ3v) is 6.59. The number of alkyl halides is 1. The van der Waals surface area contributed by atoms with Crippen LogP contribution in [0.5, 0.6) is 0 Å². The Kier molecular flexibility index (Phi) is 17.4. The molecular weight excluding hydrogens is 423 g/mol. The number of rotatable bonds is 6. The number of hydrogen-bond donors (Lipinski definition) is 1. The van der Waals surface area contributed by atoms with E-state index in [0.29, 0.717) is 23.4 Å². The average molecular weight is 469 g/mol. The Morgan fingerprint density at radius 2 is 1.45 bits per heavy atom. The molecular formula is C25H46ClNaO4. The van der Waals surface area contributed by atoms with E-state index in [2.05, 4.69) is 38.2 Å². The smallest absolute Gasteiger partial charge is 1.00 e. The zero-order chi connectivity index (χ0) is 21.0. The Bertz CT molecular complexity index is 505. The first-order valence-corrected chi connectivity index (χ1v) is 11.7. The Balaban J connectivity index is 0. The predicted molar refractivity (Wildman–Crippen MR) is 127 cm³/mol. The molecule has 0 bridgehead atoms. The van der Waals surface area contributed by atoms with Gasteiger partial charge in [0.1, 0.15) is 0 Å². The first kappa shape index (κ1) is 31.6. The van der Waals surface area contributed by atoms with Crippen molar-refractivity contribution in [3.05, 3.63) is 24.3 Å². The van der Waals surface area contributed by atoms with Crippen LogP contribution in [0.1, 0.15) is 61.2 Å². The van der Waals surface area contributed by atoms with E-state index in [1.807, 2.05) is 0 Å². The van der Waals surface area contributed by atoms with E-state index >= 15 is 0 Å².